The lowest BCUT2D eigenvalue weighted by atomic mass is 10.1. The smallest absolute Gasteiger partial charge is 0.226 e. The Bertz CT molecular complexity index is 411. The fourth-order valence-corrected chi connectivity index (χ4v) is 2.22. The van der Waals surface area contributed by atoms with Crippen LogP contribution in [0.4, 0.5) is 5.69 Å². The molecule has 1 aromatic carbocycles. The van der Waals surface area contributed by atoms with Crippen LogP contribution < -0.4 is 10.6 Å². The van der Waals surface area contributed by atoms with Gasteiger partial charge in [-0.1, -0.05) is 23.7 Å². The predicted molar refractivity (Wildman–Crippen MR) is 72.0 cm³/mol. The molecular weight excluding hydrogens is 252 g/mol. The van der Waals surface area contributed by atoms with E-state index in [0.717, 1.165) is 12.1 Å². The SMILES string of the molecule is Cc1cccc(Cl)c1NC(=O)CC1COCCN1. The molecule has 1 aliphatic rings. The van der Waals surface area contributed by atoms with Crippen molar-refractivity contribution in [3.63, 3.8) is 0 Å². The summed E-state index contributed by atoms with van der Waals surface area (Å²) < 4.78 is 5.31. The van der Waals surface area contributed by atoms with Gasteiger partial charge in [0.1, 0.15) is 0 Å². The highest BCUT2D eigenvalue weighted by Crippen LogP contribution is 2.25. The summed E-state index contributed by atoms with van der Waals surface area (Å²) in [6.07, 6.45) is 0.394. The maximum absolute atomic E-state index is 11.9. The van der Waals surface area contributed by atoms with E-state index in [9.17, 15) is 4.79 Å². The van der Waals surface area contributed by atoms with Crippen LogP contribution in [0.2, 0.25) is 5.02 Å². The van der Waals surface area contributed by atoms with E-state index in [1.807, 2.05) is 19.1 Å². The number of anilines is 1. The Labute approximate surface area is 112 Å². The molecule has 1 heterocycles. The van der Waals surface area contributed by atoms with E-state index in [-0.39, 0.29) is 11.9 Å². The molecule has 0 bridgehead atoms. The molecule has 0 saturated carbocycles. The number of nitrogens with one attached hydrogen (secondary N) is 2. The monoisotopic (exact) mass is 268 g/mol. The standard InChI is InChI=1S/C13H17ClN2O2/c1-9-3-2-4-11(14)13(9)16-12(17)7-10-8-18-6-5-15-10/h2-4,10,15H,5-8H2,1H3,(H,16,17). The fraction of sp³-hybridized carbons (Fsp3) is 0.462. The van der Waals surface area contributed by atoms with Gasteiger partial charge < -0.3 is 15.4 Å². The third-order valence-corrected chi connectivity index (χ3v) is 3.23. The first-order valence-electron chi connectivity index (χ1n) is 6.03. The van der Waals surface area contributed by atoms with Crippen LogP contribution in [0.3, 0.4) is 0 Å². The van der Waals surface area contributed by atoms with Crippen molar-refractivity contribution >= 4 is 23.2 Å². The number of para-hydroxylation sites is 1. The molecule has 1 atom stereocenters. The molecule has 1 amide bonds. The van der Waals surface area contributed by atoms with Crippen molar-refractivity contribution in [2.75, 3.05) is 25.1 Å². The molecule has 0 spiro atoms. The molecule has 1 fully saturated rings. The van der Waals surface area contributed by atoms with Crippen molar-refractivity contribution < 1.29 is 9.53 Å². The molecule has 1 saturated heterocycles. The van der Waals surface area contributed by atoms with E-state index >= 15 is 0 Å². The van der Waals surface area contributed by atoms with E-state index in [2.05, 4.69) is 10.6 Å². The number of halogens is 1. The van der Waals surface area contributed by atoms with E-state index in [4.69, 9.17) is 16.3 Å². The van der Waals surface area contributed by atoms with Crippen LogP contribution in [0.1, 0.15) is 12.0 Å². The maximum Gasteiger partial charge on any atom is 0.226 e. The van der Waals surface area contributed by atoms with E-state index in [1.165, 1.54) is 0 Å². The van der Waals surface area contributed by atoms with Crippen LogP contribution in [0.15, 0.2) is 18.2 Å². The van der Waals surface area contributed by atoms with Gasteiger partial charge in [-0.05, 0) is 18.6 Å². The summed E-state index contributed by atoms with van der Waals surface area (Å²) >= 11 is 6.06. The Morgan fingerprint density at radius 1 is 1.61 bits per heavy atom. The van der Waals surface area contributed by atoms with Crippen LogP contribution in [0, 0.1) is 6.92 Å². The molecule has 5 heteroatoms. The lowest BCUT2D eigenvalue weighted by Crippen LogP contribution is -2.43. The van der Waals surface area contributed by atoms with Crippen molar-refractivity contribution in [2.24, 2.45) is 0 Å². The molecule has 2 rings (SSSR count). The first kappa shape index (κ1) is 13.3. The number of hydrogen-bond donors (Lipinski definition) is 2. The highest BCUT2D eigenvalue weighted by Gasteiger charge is 2.17. The molecule has 0 aromatic heterocycles. The summed E-state index contributed by atoms with van der Waals surface area (Å²) in [5, 5.41) is 6.67. The summed E-state index contributed by atoms with van der Waals surface area (Å²) in [5.41, 5.74) is 1.66. The zero-order valence-corrected chi connectivity index (χ0v) is 11.1. The first-order valence-corrected chi connectivity index (χ1v) is 6.40. The Kier molecular flexibility index (Phi) is 4.58. The van der Waals surface area contributed by atoms with Crippen molar-refractivity contribution in [2.45, 2.75) is 19.4 Å². The van der Waals surface area contributed by atoms with Gasteiger partial charge in [0, 0.05) is 19.0 Å². The van der Waals surface area contributed by atoms with Crippen LogP contribution in [0.5, 0.6) is 0 Å². The second kappa shape index (κ2) is 6.18. The van der Waals surface area contributed by atoms with Gasteiger partial charge in [-0.2, -0.15) is 0 Å². The van der Waals surface area contributed by atoms with Gasteiger partial charge in [0.15, 0.2) is 0 Å². The Morgan fingerprint density at radius 2 is 2.44 bits per heavy atom. The number of amides is 1. The summed E-state index contributed by atoms with van der Waals surface area (Å²) in [4.78, 5) is 11.9. The molecule has 1 aromatic rings. The Balaban J connectivity index is 1.94. The van der Waals surface area contributed by atoms with Crippen molar-refractivity contribution in [1.29, 1.82) is 0 Å². The van der Waals surface area contributed by atoms with Gasteiger partial charge in [-0.3, -0.25) is 4.79 Å². The highest BCUT2D eigenvalue weighted by atomic mass is 35.5. The number of benzene rings is 1. The molecule has 1 aliphatic heterocycles. The average Bonchev–Trinajstić information content (AvgIpc) is 2.35. The van der Waals surface area contributed by atoms with Crippen molar-refractivity contribution in [3.05, 3.63) is 28.8 Å². The Morgan fingerprint density at radius 3 is 3.11 bits per heavy atom. The molecule has 4 nitrogen and oxygen atoms in total. The normalized spacial score (nSPS) is 19.6. The molecule has 0 radical (unpaired) electrons. The number of aryl methyl sites for hydroxylation is 1. The lowest BCUT2D eigenvalue weighted by Gasteiger charge is -2.23. The molecule has 1 unspecified atom stereocenters. The minimum Gasteiger partial charge on any atom is -0.378 e. The summed E-state index contributed by atoms with van der Waals surface area (Å²) in [6.45, 7) is 4.00. The van der Waals surface area contributed by atoms with Gasteiger partial charge in [0.05, 0.1) is 23.9 Å². The quantitative estimate of drug-likeness (QED) is 0.881. The zero-order valence-electron chi connectivity index (χ0n) is 10.3. The second-order valence-corrected chi connectivity index (χ2v) is 4.82. The predicted octanol–water partition coefficient (Wildman–Crippen LogP) is 1.97. The first-order chi connectivity index (χ1) is 8.66. The van der Waals surface area contributed by atoms with Crippen molar-refractivity contribution in [1.82, 2.24) is 5.32 Å². The minimum atomic E-state index is -0.0470. The average molecular weight is 269 g/mol. The number of morpholine rings is 1. The third-order valence-electron chi connectivity index (χ3n) is 2.92. The number of rotatable bonds is 3. The van der Waals surface area contributed by atoms with Crippen molar-refractivity contribution in [3.8, 4) is 0 Å². The second-order valence-electron chi connectivity index (χ2n) is 4.41. The van der Waals surface area contributed by atoms with Gasteiger partial charge in [0.2, 0.25) is 5.91 Å². The minimum absolute atomic E-state index is 0.0470. The van der Waals surface area contributed by atoms with Crippen LogP contribution in [-0.4, -0.2) is 31.7 Å². The van der Waals surface area contributed by atoms with E-state index in [0.29, 0.717) is 30.3 Å². The van der Waals surface area contributed by atoms with Crippen LogP contribution >= 0.6 is 11.6 Å². The number of hydrogen-bond acceptors (Lipinski definition) is 3. The molecule has 0 aliphatic carbocycles. The maximum atomic E-state index is 11.9. The van der Waals surface area contributed by atoms with Gasteiger partial charge in [0.25, 0.3) is 0 Å². The summed E-state index contributed by atoms with van der Waals surface area (Å²) in [5.74, 6) is -0.0470. The van der Waals surface area contributed by atoms with Gasteiger partial charge >= 0.3 is 0 Å². The zero-order chi connectivity index (χ0) is 13.0. The van der Waals surface area contributed by atoms with E-state index in [1.54, 1.807) is 6.07 Å². The fourth-order valence-electron chi connectivity index (χ4n) is 1.96. The molecule has 2 N–H and O–H groups in total. The number of carbonyl (C=O) groups excluding carboxylic acids is 1. The third kappa shape index (κ3) is 3.45. The number of ether oxygens (including phenoxy) is 1. The lowest BCUT2D eigenvalue weighted by molar-refractivity contribution is -0.117. The van der Waals surface area contributed by atoms with Gasteiger partial charge in [-0.25, -0.2) is 0 Å². The van der Waals surface area contributed by atoms with E-state index < -0.39 is 0 Å². The molecular formula is C13H17ClN2O2. The van der Waals surface area contributed by atoms with Crippen LogP contribution in [-0.2, 0) is 9.53 Å². The largest absolute Gasteiger partial charge is 0.378 e. The summed E-state index contributed by atoms with van der Waals surface area (Å²) in [7, 11) is 0. The molecule has 18 heavy (non-hydrogen) atoms. The summed E-state index contributed by atoms with van der Waals surface area (Å²) in [6, 6.07) is 5.64. The Hall–Kier alpha value is -1.10. The molecule has 98 valence electrons. The topological polar surface area (TPSA) is 50.4 Å². The number of carbonyl (C=O) groups is 1. The van der Waals surface area contributed by atoms with Crippen LogP contribution in [0.25, 0.3) is 0 Å². The van der Waals surface area contributed by atoms with Gasteiger partial charge in [-0.15, -0.1) is 0 Å². The highest BCUT2D eigenvalue weighted by molar-refractivity contribution is 6.33.